The lowest BCUT2D eigenvalue weighted by Crippen LogP contribution is -2.45. The Morgan fingerprint density at radius 2 is 2.03 bits per heavy atom. The molecule has 1 aliphatic heterocycles. The Labute approximate surface area is 189 Å². The number of benzene rings is 1. The first kappa shape index (κ1) is 21.7. The highest BCUT2D eigenvalue weighted by Crippen LogP contribution is 2.40. The molecular weight excluding hydrogens is 406 g/mol. The summed E-state index contributed by atoms with van der Waals surface area (Å²) in [6, 6.07) is 6.61. The molecule has 2 aromatic rings. The fraction of sp³-hybridized carbons (Fsp3) is 0.458. The van der Waals surface area contributed by atoms with Gasteiger partial charge in [0, 0.05) is 30.2 Å². The molecular formula is C24H31N5OS. The Bertz CT molecular complexity index is 999. The van der Waals surface area contributed by atoms with Crippen molar-refractivity contribution in [2.45, 2.75) is 57.4 Å². The molecule has 31 heavy (non-hydrogen) atoms. The third-order valence-corrected chi connectivity index (χ3v) is 7.11. The first-order valence-corrected chi connectivity index (χ1v) is 11.8. The molecule has 2 heterocycles. The van der Waals surface area contributed by atoms with E-state index in [1.54, 1.807) is 22.9 Å². The predicted molar refractivity (Wildman–Crippen MR) is 129 cm³/mol. The summed E-state index contributed by atoms with van der Waals surface area (Å²) in [5.74, 6) is 1.49. The van der Waals surface area contributed by atoms with Gasteiger partial charge in [0.25, 0.3) is 0 Å². The van der Waals surface area contributed by atoms with E-state index in [2.05, 4.69) is 40.8 Å². The number of nitrogens with one attached hydrogen (secondary N) is 1. The minimum absolute atomic E-state index is 0.100. The van der Waals surface area contributed by atoms with Crippen molar-refractivity contribution in [2.75, 3.05) is 28.7 Å². The van der Waals surface area contributed by atoms with Gasteiger partial charge in [-0.05, 0) is 56.7 Å². The van der Waals surface area contributed by atoms with E-state index < -0.39 is 5.41 Å². The largest absolute Gasteiger partial charge is 0.351 e. The van der Waals surface area contributed by atoms with Crippen LogP contribution >= 0.6 is 11.8 Å². The second-order valence-electron chi connectivity index (χ2n) is 9.11. The van der Waals surface area contributed by atoms with Gasteiger partial charge in [-0.25, -0.2) is 4.98 Å². The molecule has 164 valence electrons. The summed E-state index contributed by atoms with van der Waals surface area (Å²) in [6.07, 6.45) is 6.51. The lowest BCUT2D eigenvalue weighted by atomic mass is 9.91. The summed E-state index contributed by atoms with van der Waals surface area (Å²) in [4.78, 5) is 27.8. The van der Waals surface area contributed by atoms with Crippen LogP contribution in [-0.2, 0) is 4.79 Å². The highest BCUT2D eigenvalue weighted by atomic mass is 32.2. The smallest absolute Gasteiger partial charge is 0.234 e. The van der Waals surface area contributed by atoms with Crippen molar-refractivity contribution in [3.63, 3.8) is 0 Å². The highest BCUT2D eigenvalue weighted by Gasteiger charge is 2.41. The lowest BCUT2D eigenvalue weighted by Gasteiger charge is -2.34. The molecule has 1 amide bonds. The van der Waals surface area contributed by atoms with Gasteiger partial charge in [-0.15, -0.1) is 0 Å². The summed E-state index contributed by atoms with van der Waals surface area (Å²) < 4.78 is 0. The normalized spacial score (nSPS) is 18.6. The molecule has 4 rings (SSSR count). The maximum atomic E-state index is 13.1. The van der Waals surface area contributed by atoms with Crippen LogP contribution < -0.4 is 15.1 Å². The number of nitrogens with zero attached hydrogens (tertiary/aromatic N) is 4. The Hall–Kier alpha value is -2.54. The molecule has 0 saturated heterocycles. The van der Waals surface area contributed by atoms with Crippen LogP contribution in [0.3, 0.4) is 0 Å². The van der Waals surface area contributed by atoms with Crippen LogP contribution in [0.4, 0.5) is 23.1 Å². The van der Waals surface area contributed by atoms with Crippen molar-refractivity contribution in [3.05, 3.63) is 41.9 Å². The van der Waals surface area contributed by atoms with Crippen molar-refractivity contribution in [2.24, 2.45) is 5.41 Å². The summed E-state index contributed by atoms with van der Waals surface area (Å²) >= 11 is 1.60. The van der Waals surface area contributed by atoms with E-state index in [9.17, 15) is 4.79 Å². The molecule has 1 aromatic heterocycles. The first-order chi connectivity index (χ1) is 14.8. The third-order valence-electron chi connectivity index (χ3n) is 6.25. The summed E-state index contributed by atoms with van der Waals surface area (Å²) in [5.41, 5.74) is 2.42. The predicted octanol–water partition coefficient (Wildman–Crippen LogP) is 5.52. The van der Waals surface area contributed by atoms with Crippen LogP contribution in [0.5, 0.6) is 0 Å². The molecule has 0 atom stereocenters. The zero-order valence-electron chi connectivity index (χ0n) is 18.8. The van der Waals surface area contributed by atoms with Crippen molar-refractivity contribution < 1.29 is 4.79 Å². The van der Waals surface area contributed by atoms with Crippen LogP contribution in [0.15, 0.2) is 41.3 Å². The van der Waals surface area contributed by atoms with Crippen molar-refractivity contribution in [1.29, 1.82) is 0 Å². The number of carbonyl (C=O) groups excluding carboxylic acids is 1. The van der Waals surface area contributed by atoms with Crippen LogP contribution in [0.25, 0.3) is 0 Å². The lowest BCUT2D eigenvalue weighted by molar-refractivity contribution is -0.125. The number of hydrogen-bond donors (Lipinski definition) is 1. The molecule has 1 aliphatic carbocycles. The Morgan fingerprint density at radius 1 is 1.29 bits per heavy atom. The number of thioether (sulfide) groups is 1. The molecule has 1 saturated carbocycles. The number of fused-ring (bicyclic) bond motifs is 1. The number of carbonyl (C=O) groups is 1. The molecule has 2 aliphatic rings. The van der Waals surface area contributed by atoms with Crippen molar-refractivity contribution >= 4 is 40.8 Å². The van der Waals surface area contributed by atoms with Gasteiger partial charge in [0.15, 0.2) is 5.82 Å². The number of anilines is 4. The number of aryl methyl sites for hydroxylation is 1. The molecule has 0 radical (unpaired) electrons. The van der Waals surface area contributed by atoms with Crippen molar-refractivity contribution in [1.82, 2.24) is 9.97 Å². The van der Waals surface area contributed by atoms with Crippen LogP contribution in [0.2, 0.25) is 0 Å². The van der Waals surface area contributed by atoms with Crippen molar-refractivity contribution in [3.8, 4) is 0 Å². The zero-order valence-corrected chi connectivity index (χ0v) is 19.6. The molecule has 1 N–H and O–H groups in total. The Morgan fingerprint density at radius 3 is 2.74 bits per heavy atom. The standard InChI is InChI=1S/C24H31N5OS/c1-6-31-20-13-17(12-11-16(20)2)26-23-25-14-19-21(27-23)29(18-9-7-8-10-18)15-24(3,4)22(30)28(19)5/h6,11-14,18H,1,7-10,15H2,2-5H3,(H,25,26,27). The summed E-state index contributed by atoms with van der Waals surface area (Å²) in [6.45, 7) is 10.6. The average Bonchev–Trinajstić information content (AvgIpc) is 3.26. The highest BCUT2D eigenvalue weighted by molar-refractivity contribution is 8.02. The zero-order chi connectivity index (χ0) is 22.2. The Balaban J connectivity index is 1.72. The fourth-order valence-electron chi connectivity index (χ4n) is 4.55. The molecule has 6 nitrogen and oxygen atoms in total. The first-order valence-electron chi connectivity index (χ1n) is 10.9. The van der Waals surface area contributed by atoms with Gasteiger partial charge in [0.1, 0.15) is 5.69 Å². The number of amides is 1. The van der Waals surface area contributed by atoms with Gasteiger partial charge in [-0.3, -0.25) is 4.79 Å². The summed E-state index contributed by atoms with van der Waals surface area (Å²) in [7, 11) is 1.83. The van der Waals surface area contributed by atoms with E-state index in [1.807, 2.05) is 32.4 Å². The maximum absolute atomic E-state index is 13.1. The molecule has 0 spiro atoms. The van der Waals surface area contributed by atoms with Crippen LogP contribution in [0, 0.1) is 12.3 Å². The van der Waals surface area contributed by atoms with Crippen LogP contribution in [0.1, 0.15) is 45.1 Å². The van der Waals surface area contributed by atoms with Gasteiger partial charge in [0.2, 0.25) is 11.9 Å². The average molecular weight is 438 g/mol. The third kappa shape index (κ3) is 4.28. The second kappa shape index (κ2) is 8.54. The van der Waals surface area contributed by atoms with Gasteiger partial charge >= 0.3 is 0 Å². The Kier molecular flexibility index (Phi) is 5.97. The van der Waals surface area contributed by atoms with Gasteiger partial charge in [-0.1, -0.05) is 37.2 Å². The van der Waals surface area contributed by atoms with E-state index in [1.165, 1.54) is 18.4 Å². The monoisotopic (exact) mass is 437 g/mol. The molecule has 0 unspecified atom stereocenters. The molecule has 1 aromatic carbocycles. The fourth-order valence-corrected chi connectivity index (χ4v) is 5.18. The number of rotatable bonds is 5. The minimum Gasteiger partial charge on any atom is -0.351 e. The van der Waals surface area contributed by atoms with E-state index in [4.69, 9.17) is 4.98 Å². The molecule has 0 bridgehead atoms. The maximum Gasteiger partial charge on any atom is 0.234 e. The molecule has 1 fully saturated rings. The van der Waals surface area contributed by atoms with Gasteiger partial charge in [-0.2, -0.15) is 4.98 Å². The second-order valence-corrected chi connectivity index (χ2v) is 10.1. The minimum atomic E-state index is -0.487. The van der Waals surface area contributed by atoms with Gasteiger partial charge < -0.3 is 15.1 Å². The molecule has 7 heteroatoms. The van der Waals surface area contributed by atoms with Crippen LogP contribution in [-0.4, -0.2) is 35.5 Å². The van der Waals surface area contributed by atoms with Gasteiger partial charge in [0.05, 0.1) is 11.6 Å². The summed E-state index contributed by atoms with van der Waals surface area (Å²) in [5, 5.41) is 5.19. The van der Waals surface area contributed by atoms with E-state index in [0.717, 1.165) is 34.9 Å². The number of hydrogen-bond acceptors (Lipinski definition) is 6. The van der Waals surface area contributed by atoms with E-state index in [-0.39, 0.29) is 5.91 Å². The van der Waals surface area contributed by atoms with E-state index in [0.29, 0.717) is 18.5 Å². The quantitative estimate of drug-likeness (QED) is 0.622. The van der Waals surface area contributed by atoms with E-state index >= 15 is 0 Å². The topological polar surface area (TPSA) is 61.4 Å². The number of aromatic nitrogens is 2. The SMILES string of the molecule is C=CSc1cc(Nc2ncc3c(n2)N(C2CCCC2)CC(C)(C)C(=O)N3C)ccc1C.